The predicted molar refractivity (Wildman–Crippen MR) is 57.5 cm³/mol. The summed E-state index contributed by atoms with van der Waals surface area (Å²) in [6, 6.07) is 7.23. The van der Waals surface area contributed by atoms with Crippen LogP contribution in [0.2, 0.25) is 0 Å². The minimum atomic E-state index is 0.475. The Morgan fingerprint density at radius 2 is 1.93 bits per heavy atom. The lowest BCUT2D eigenvalue weighted by atomic mass is 10.1. The first-order chi connectivity index (χ1) is 6.69. The number of aldehydes is 1. The summed E-state index contributed by atoms with van der Waals surface area (Å²) in [6.07, 6.45) is 0.743. The van der Waals surface area contributed by atoms with Gasteiger partial charge < -0.3 is 4.74 Å². The fraction of sp³-hybridized carbons (Fsp3) is 0.182. The van der Waals surface area contributed by atoms with E-state index in [0.29, 0.717) is 10.6 Å². The van der Waals surface area contributed by atoms with Crippen LogP contribution in [-0.2, 0) is 4.79 Å². The van der Waals surface area contributed by atoms with Crippen molar-refractivity contribution in [3.63, 3.8) is 0 Å². The van der Waals surface area contributed by atoms with Crippen LogP contribution in [0.15, 0.2) is 29.8 Å². The minimum Gasteiger partial charge on any atom is -0.497 e. The van der Waals surface area contributed by atoms with Crippen LogP contribution in [0.3, 0.4) is 0 Å². The third kappa shape index (κ3) is 2.36. The van der Waals surface area contributed by atoms with Gasteiger partial charge in [-0.05, 0) is 36.8 Å². The smallest absolute Gasteiger partial charge is 0.147 e. The molecule has 0 amide bonds. The first-order valence-electron chi connectivity index (χ1n) is 4.15. The monoisotopic (exact) mass is 210 g/mol. The number of hydrogen-bond donors (Lipinski definition) is 0. The lowest BCUT2D eigenvalue weighted by Gasteiger charge is -2.03. The fourth-order valence-corrected chi connectivity index (χ4v) is 1.19. The number of ether oxygens (including phenoxy) is 1. The van der Waals surface area contributed by atoms with Gasteiger partial charge in [0.15, 0.2) is 0 Å². The molecule has 0 aliphatic heterocycles. The number of rotatable bonds is 3. The number of methoxy groups -OCH3 is 1. The Morgan fingerprint density at radius 3 is 2.36 bits per heavy atom. The molecular formula is C11H11ClO2. The third-order valence-electron chi connectivity index (χ3n) is 1.87. The minimum absolute atomic E-state index is 0.475. The van der Waals surface area contributed by atoms with E-state index in [0.717, 1.165) is 17.6 Å². The van der Waals surface area contributed by atoms with E-state index in [9.17, 15) is 4.79 Å². The molecule has 0 saturated heterocycles. The highest BCUT2D eigenvalue weighted by Crippen LogP contribution is 2.23. The van der Waals surface area contributed by atoms with Gasteiger partial charge in [-0.2, -0.15) is 0 Å². The van der Waals surface area contributed by atoms with Crippen LogP contribution in [0.1, 0.15) is 12.5 Å². The molecule has 74 valence electrons. The zero-order valence-corrected chi connectivity index (χ0v) is 8.84. The topological polar surface area (TPSA) is 26.3 Å². The lowest BCUT2D eigenvalue weighted by molar-refractivity contribution is -0.104. The van der Waals surface area contributed by atoms with Crippen LogP contribution >= 0.6 is 11.6 Å². The highest BCUT2D eigenvalue weighted by molar-refractivity contribution is 6.50. The van der Waals surface area contributed by atoms with Crippen molar-refractivity contribution in [2.45, 2.75) is 6.92 Å². The molecule has 0 atom stereocenters. The molecule has 0 unspecified atom stereocenters. The summed E-state index contributed by atoms with van der Waals surface area (Å²) >= 11 is 5.96. The highest BCUT2D eigenvalue weighted by atomic mass is 35.5. The van der Waals surface area contributed by atoms with Gasteiger partial charge in [0, 0.05) is 5.57 Å². The zero-order chi connectivity index (χ0) is 10.6. The molecule has 0 spiro atoms. The van der Waals surface area contributed by atoms with Gasteiger partial charge in [0.2, 0.25) is 0 Å². The number of allylic oxidation sites excluding steroid dienone is 1. The maximum absolute atomic E-state index is 10.5. The molecule has 0 radical (unpaired) electrons. The summed E-state index contributed by atoms with van der Waals surface area (Å²) in [5.74, 6) is 0.766. The van der Waals surface area contributed by atoms with Gasteiger partial charge in [0.05, 0.1) is 12.1 Å². The normalized spacial score (nSPS) is 11.9. The Bertz CT molecular complexity index is 352. The molecule has 1 rings (SSSR count). The Kier molecular flexibility index (Phi) is 3.72. The van der Waals surface area contributed by atoms with Crippen molar-refractivity contribution in [2.24, 2.45) is 0 Å². The van der Waals surface area contributed by atoms with Gasteiger partial charge >= 0.3 is 0 Å². The molecule has 0 aliphatic carbocycles. The van der Waals surface area contributed by atoms with Gasteiger partial charge in [-0.1, -0.05) is 11.6 Å². The molecule has 0 fully saturated rings. The van der Waals surface area contributed by atoms with Gasteiger partial charge in [0.25, 0.3) is 0 Å². The molecule has 0 heterocycles. The molecular weight excluding hydrogens is 200 g/mol. The van der Waals surface area contributed by atoms with E-state index < -0.39 is 0 Å². The SMILES string of the molecule is COc1ccc(/C(Cl)=C(/C)C=O)cc1. The van der Waals surface area contributed by atoms with Crippen LogP contribution in [0.4, 0.5) is 0 Å². The second-order valence-electron chi connectivity index (χ2n) is 2.84. The second kappa shape index (κ2) is 4.82. The summed E-state index contributed by atoms with van der Waals surface area (Å²) < 4.78 is 5.01. The van der Waals surface area contributed by atoms with E-state index >= 15 is 0 Å². The molecule has 0 N–H and O–H groups in total. The average molecular weight is 211 g/mol. The van der Waals surface area contributed by atoms with Crippen molar-refractivity contribution < 1.29 is 9.53 Å². The van der Waals surface area contributed by atoms with Crippen molar-refractivity contribution in [2.75, 3.05) is 7.11 Å². The maximum atomic E-state index is 10.5. The number of benzene rings is 1. The van der Waals surface area contributed by atoms with Crippen LogP contribution in [-0.4, -0.2) is 13.4 Å². The predicted octanol–water partition coefficient (Wildman–Crippen LogP) is 2.86. The second-order valence-corrected chi connectivity index (χ2v) is 3.22. The summed E-state index contributed by atoms with van der Waals surface area (Å²) in [7, 11) is 1.60. The first-order valence-corrected chi connectivity index (χ1v) is 4.53. The highest BCUT2D eigenvalue weighted by Gasteiger charge is 2.02. The fourth-order valence-electron chi connectivity index (χ4n) is 1.02. The van der Waals surface area contributed by atoms with Crippen LogP contribution < -0.4 is 4.74 Å². The van der Waals surface area contributed by atoms with E-state index in [-0.39, 0.29) is 0 Å². The van der Waals surface area contributed by atoms with Crippen molar-refractivity contribution in [1.29, 1.82) is 0 Å². The standard InChI is InChI=1S/C11H11ClO2/c1-8(7-13)11(12)9-3-5-10(14-2)6-4-9/h3-7H,1-2H3/b11-8+. The summed E-state index contributed by atoms with van der Waals surface area (Å²) in [5.41, 5.74) is 1.34. The van der Waals surface area contributed by atoms with Gasteiger partial charge in [-0.15, -0.1) is 0 Å². The van der Waals surface area contributed by atoms with Gasteiger partial charge in [-0.25, -0.2) is 0 Å². The van der Waals surface area contributed by atoms with Crippen molar-refractivity contribution in [3.05, 3.63) is 35.4 Å². The maximum Gasteiger partial charge on any atom is 0.147 e. The van der Waals surface area contributed by atoms with E-state index in [2.05, 4.69) is 0 Å². The Labute approximate surface area is 88.1 Å². The van der Waals surface area contributed by atoms with Crippen molar-refractivity contribution >= 4 is 22.9 Å². The summed E-state index contributed by atoms with van der Waals surface area (Å²) in [6.45, 7) is 1.68. The van der Waals surface area contributed by atoms with Crippen molar-refractivity contribution in [3.8, 4) is 5.75 Å². The molecule has 1 aromatic carbocycles. The Hall–Kier alpha value is -1.28. The first kappa shape index (κ1) is 10.8. The van der Waals surface area contributed by atoms with Crippen LogP contribution in [0, 0.1) is 0 Å². The summed E-state index contributed by atoms with van der Waals surface area (Å²) in [4.78, 5) is 10.5. The summed E-state index contributed by atoms with van der Waals surface area (Å²) in [5, 5.41) is 0.475. The van der Waals surface area contributed by atoms with E-state index in [1.807, 2.05) is 12.1 Å². The number of carbonyl (C=O) groups excluding carboxylic acids is 1. The molecule has 0 aliphatic rings. The Morgan fingerprint density at radius 1 is 1.36 bits per heavy atom. The van der Waals surface area contributed by atoms with Crippen molar-refractivity contribution in [1.82, 2.24) is 0 Å². The lowest BCUT2D eigenvalue weighted by Crippen LogP contribution is -1.86. The van der Waals surface area contributed by atoms with E-state index in [1.165, 1.54) is 0 Å². The molecule has 0 saturated carbocycles. The Balaban J connectivity index is 3.03. The third-order valence-corrected chi connectivity index (χ3v) is 2.38. The molecule has 0 aromatic heterocycles. The van der Waals surface area contributed by atoms with Gasteiger partial charge in [0.1, 0.15) is 12.0 Å². The van der Waals surface area contributed by atoms with E-state index in [1.54, 1.807) is 26.2 Å². The van der Waals surface area contributed by atoms with Crippen LogP contribution in [0.5, 0.6) is 5.75 Å². The molecule has 0 bridgehead atoms. The molecule has 3 heteroatoms. The quantitative estimate of drug-likeness (QED) is 0.567. The number of halogens is 1. The number of carbonyl (C=O) groups is 1. The largest absolute Gasteiger partial charge is 0.497 e. The number of hydrogen-bond acceptors (Lipinski definition) is 2. The van der Waals surface area contributed by atoms with E-state index in [4.69, 9.17) is 16.3 Å². The van der Waals surface area contributed by atoms with Crippen LogP contribution in [0.25, 0.3) is 5.03 Å². The molecule has 1 aromatic rings. The molecule has 2 nitrogen and oxygen atoms in total. The van der Waals surface area contributed by atoms with Gasteiger partial charge in [-0.3, -0.25) is 4.79 Å². The zero-order valence-electron chi connectivity index (χ0n) is 8.08. The average Bonchev–Trinajstić information content (AvgIpc) is 2.27. The molecule has 14 heavy (non-hydrogen) atoms.